The molecule has 3 aliphatic heterocycles. The van der Waals surface area contributed by atoms with Gasteiger partial charge >= 0.3 is 6.09 Å². The summed E-state index contributed by atoms with van der Waals surface area (Å²) in [5.41, 5.74) is 3.55. The standard InChI is InChI=1S/C18H25N3O2/c1-18(2,3)23-17(22)20-9-7-15-13(11-20)12-5-4-6-14-16(12)21(15)10-8-19-14/h4-6,13,15,19H,7-11H2,1-3H3. The molecule has 5 heteroatoms. The summed E-state index contributed by atoms with van der Waals surface area (Å²) in [5, 5.41) is 3.50. The molecule has 124 valence electrons. The number of likely N-dealkylation sites (tertiary alicyclic amines) is 1. The van der Waals surface area contributed by atoms with Crippen LogP contribution in [0.4, 0.5) is 16.2 Å². The van der Waals surface area contributed by atoms with E-state index in [4.69, 9.17) is 4.74 Å². The molecule has 0 aromatic heterocycles. The number of rotatable bonds is 0. The highest BCUT2D eigenvalue weighted by molar-refractivity contribution is 5.80. The maximum Gasteiger partial charge on any atom is 0.410 e. The molecule has 0 aliphatic carbocycles. The highest BCUT2D eigenvalue weighted by Gasteiger charge is 2.45. The van der Waals surface area contributed by atoms with E-state index in [0.717, 1.165) is 32.6 Å². The number of nitrogens with one attached hydrogen (secondary N) is 1. The zero-order valence-corrected chi connectivity index (χ0v) is 14.1. The van der Waals surface area contributed by atoms with E-state index in [1.54, 1.807) is 0 Å². The van der Waals surface area contributed by atoms with Crippen LogP contribution in [0.15, 0.2) is 18.2 Å². The van der Waals surface area contributed by atoms with Gasteiger partial charge in [0.1, 0.15) is 5.60 Å². The number of hydrogen-bond donors (Lipinski definition) is 1. The first-order valence-electron chi connectivity index (χ1n) is 8.55. The van der Waals surface area contributed by atoms with Gasteiger partial charge in [-0.05, 0) is 38.8 Å². The lowest BCUT2D eigenvalue weighted by Gasteiger charge is -2.40. The van der Waals surface area contributed by atoms with Gasteiger partial charge in [0, 0.05) is 38.1 Å². The Morgan fingerprint density at radius 3 is 2.91 bits per heavy atom. The van der Waals surface area contributed by atoms with E-state index in [9.17, 15) is 4.79 Å². The van der Waals surface area contributed by atoms with Crippen LogP contribution in [-0.4, -0.2) is 48.8 Å². The number of nitrogens with zero attached hydrogens (tertiary/aromatic N) is 2. The maximum atomic E-state index is 12.4. The van der Waals surface area contributed by atoms with Gasteiger partial charge in [0.15, 0.2) is 0 Å². The minimum atomic E-state index is -0.437. The molecule has 2 atom stereocenters. The molecule has 3 heterocycles. The Balaban J connectivity index is 1.59. The molecule has 2 unspecified atom stereocenters. The smallest absolute Gasteiger partial charge is 0.410 e. The average Bonchev–Trinajstić information content (AvgIpc) is 2.82. The number of amides is 1. The summed E-state index contributed by atoms with van der Waals surface area (Å²) < 4.78 is 5.56. The molecular formula is C18H25N3O2. The number of piperidine rings is 1. The van der Waals surface area contributed by atoms with Crippen LogP contribution in [0.5, 0.6) is 0 Å². The number of fused-ring (bicyclic) bond motifs is 3. The Morgan fingerprint density at radius 2 is 2.13 bits per heavy atom. The van der Waals surface area contributed by atoms with Crippen LogP contribution in [0.2, 0.25) is 0 Å². The van der Waals surface area contributed by atoms with Gasteiger partial charge in [-0.3, -0.25) is 0 Å². The minimum Gasteiger partial charge on any atom is -0.444 e. The molecule has 1 amide bonds. The monoisotopic (exact) mass is 315 g/mol. The largest absolute Gasteiger partial charge is 0.444 e. The van der Waals surface area contributed by atoms with Crippen LogP contribution in [-0.2, 0) is 4.74 Å². The predicted octanol–water partition coefficient (Wildman–Crippen LogP) is 3.03. The van der Waals surface area contributed by atoms with Crippen molar-refractivity contribution in [2.45, 2.75) is 44.8 Å². The Hall–Kier alpha value is -1.91. The van der Waals surface area contributed by atoms with Crippen molar-refractivity contribution >= 4 is 17.5 Å². The Labute approximate surface area is 137 Å². The lowest BCUT2D eigenvalue weighted by atomic mass is 9.89. The van der Waals surface area contributed by atoms with Gasteiger partial charge in [-0.1, -0.05) is 12.1 Å². The van der Waals surface area contributed by atoms with Crippen molar-refractivity contribution in [3.05, 3.63) is 23.8 Å². The number of anilines is 2. The molecule has 1 saturated heterocycles. The molecule has 0 saturated carbocycles. The topological polar surface area (TPSA) is 44.8 Å². The number of para-hydroxylation sites is 1. The first-order valence-corrected chi connectivity index (χ1v) is 8.55. The molecule has 1 aromatic carbocycles. The number of carbonyl (C=O) groups is 1. The van der Waals surface area contributed by atoms with Gasteiger partial charge < -0.3 is 19.9 Å². The molecule has 5 nitrogen and oxygen atoms in total. The fourth-order valence-electron chi connectivity index (χ4n) is 4.19. The Morgan fingerprint density at radius 1 is 1.30 bits per heavy atom. The third kappa shape index (κ3) is 2.42. The van der Waals surface area contributed by atoms with E-state index in [1.165, 1.54) is 16.9 Å². The maximum absolute atomic E-state index is 12.4. The van der Waals surface area contributed by atoms with Crippen LogP contribution in [0.25, 0.3) is 0 Å². The normalized spacial score (nSPS) is 25.5. The van der Waals surface area contributed by atoms with Crippen LogP contribution in [0.3, 0.4) is 0 Å². The lowest BCUT2D eigenvalue weighted by Crippen LogP contribution is -2.50. The van der Waals surface area contributed by atoms with Crippen LogP contribution < -0.4 is 10.2 Å². The second kappa shape index (κ2) is 5.05. The predicted molar refractivity (Wildman–Crippen MR) is 91.2 cm³/mol. The summed E-state index contributed by atoms with van der Waals surface area (Å²) in [4.78, 5) is 16.9. The summed E-state index contributed by atoms with van der Waals surface area (Å²) in [5.74, 6) is 0.395. The van der Waals surface area contributed by atoms with Crippen molar-refractivity contribution in [3.63, 3.8) is 0 Å². The molecule has 0 radical (unpaired) electrons. The minimum absolute atomic E-state index is 0.180. The van der Waals surface area contributed by atoms with Gasteiger partial charge in [-0.15, -0.1) is 0 Å². The molecule has 0 spiro atoms. The third-order valence-corrected chi connectivity index (χ3v) is 5.05. The van der Waals surface area contributed by atoms with Crippen molar-refractivity contribution in [1.29, 1.82) is 0 Å². The second-order valence-corrected chi connectivity index (χ2v) is 7.75. The van der Waals surface area contributed by atoms with Crippen molar-refractivity contribution in [2.24, 2.45) is 0 Å². The van der Waals surface area contributed by atoms with E-state index < -0.39 is 5.60 Å². The molecule has 4 rings (SSSR count). The summed E-state index contributed by atoms with van der Waals surface area (Å²) in [6.45, 7) is 9.35. The van der Waals surface area contributed by atoms with Crippen molar-refractivity contribution in [2.75, 3.05) is 36.4 Å². The van der Waals surface area contributed by atoms with E-state index in [0.29, 0.717) is 12.0 Å². The van der Waals surface area contributed by atoms with E-state index in [2.05, 4.69) is 28.4 Å². The van der Waals surface area contributed by atoms with Crippen molar-refractivity contribution in [1.82, 2.24) is 4.90 Å². The average molecular weight is 315 g/mol. The number of hydrogen-bond acceptors (Lipinski definition) is 4. The summed E-state index contributed by atoms with van der Waals surface area (Å²) in [7, 11) is 0. The first-order chi connectivity index (χ1) is 10.9. The van der Waals surface area contributed by atoms with Crippen LogP contribution >= 0.6 is 0 Å². The van der Waals surface area contributed by atoms with Crippen molar-refractivity contribution in [3.8, 4) is 0 Å². The molecule has 3 aliphatic rings. The van der Waals surface area contributed by atoms with Gasteiger partial charge in [0.2, 0.25) is 0 Å². The van der Waals surface area contributed by atoms with E-state index >= 15 is 0 Å². The molecular weight excluding hydrogens is 290 g/mol. The molecule has 1 fully saturated rings. The number of ether oxygens (including phenoxy) is 1. The second-order valence-electron chi connectivity index (χ2n) is 7.75. The highest BCUT2D eigenvalue weighted by Crippen LogP contribution is 2.49. The highest BCUT2D eigenvalue weighted by atomic mass is 16.6. The molecule has 23 heavy (non-hydrogen) atoms. The fraction of sp³-hybridized carbons (Fsp3) is 0.611. The number of benzene rings is 1. The lowest BCUT2D eigenvalue weighted by molar-refractivity contribution is 0.0189. The van der Waals surface area contributed by atoms with Gasteiger partial charge in [0.05, 0.1) is 11.4 Å². The summed E-state index contributed by atoms with van der Waals surface area (Å²) >= 11 is 0. The van der Waals surface area contributed by atoms with Gasteiger partial charge in [0.25, 0.3) is 0 Å². The van der Waals surface area contributed by atoms with Gasteiger partial charge in [-0.25, -0.2) is 4.79 Å². The van der Waals surface area contributed by atoms with Crippen LogP contribution in [0.1, 0.15) is 38.7 Å². The third-order valence-electron chi connectivity index (χ3n) is 5.05. The zero-order chi connectivity index (χ0) is 16.2. The SMILES string of the molecule is CC(C)(C)OC(=O)N1CCC2C(C1)c1cccc3c1N2CCN3. The Kier molecular flexibility index (Phi) is 3.22. The molecule has 0 bridgehead atoms. The summed E-state index contributed by atoms with van der Waals surface area (Å²) in [6.07, 6.45) is 0.831. The van der Waals surface area contributed by atoms with Gasteiger partial charge in [-0.2, -0.15) is 0 Å². The fourth-order valence-corrected chi connectivity index (χ4v) is 4.19. The number of carbonyl (C=O) groups excluding carboxylic acids is 1. The van der Waals surface area contributed by atoms with Crippen LogP contribution in [0, 0.1) is 0 Å². The molecule has 1 aromatic rings. The van der Waals surface area contributed by atoms with Crippen molar-refractivity contribution < 1.29 is 9.53 Å². The van der Waals surface area contributed by atoms with E-state index in [1.807, 2.05) is 25.7 Å². The van der Waals surface area contributed by atoms with E-state index in [-0.39, 0.29) is 6.09 Å². The summed E-state index contributed by atoms with van der Waals surface area (Å²) in [6, 6.07) is 7.03. The zero-order valence-electron chi connectivity index (χ0n) is 14.1. The Bertz CT molecular complexity index is 638. The first kappa shape index (κ1) is 14.7. The quantitative estimate of drug-likeness (QED) is 0.799. The molecule has 1 N–H and O–H groups in total.